The third kappa shape index (κ3) is 9.62. The van der Waals surface area contributed by atoms with E-state index in [0.29, 0.717) is 0 Å². The second-order valence-corrected chi connectivity index (χ2v) is 31.8. The van der Waals surface area contributed by atoms with E-state index in [1.165, 1.54) is 142 Å². The first-order valence-electron chi connectivity index (χ1n) is 40.2. The predicted molar refractivity (Wildman–Crippen MR) is 489 cm³/mol. The van der Waals surface area contributed by atoms with Crippen LogP contribution in [0.15, 0.2) is 429 Å². The van der Waals surface area contributed by atoms with Crippen LogP contribution in [0.2, 0.25) is 0 Å². The number of rotatable bonds is 11. The van der Waals surface area contributed by atoms with Crippen LogP contribution in [0.1, 0.15) is 5.56 Å². The van der Waals surface area contributed by atoms with Crippen LogP contribution in [0.25, 0.3) is 114 Å². The topological polar surface area (TPSA) is 13.0 Å². The van der Waals surface area contributed by atoms with Crippen LogP contribution >= 0.6 is 0 Å². The molecule has 0 amide bonds. The average Bonchev–Trinajstić information content (AvgIpc) is 0.703. The van der Waals surface area contributed by atoms with Gasteiger partial charge in [0.25, 0.3) is 6.71 Å². The van der Waals surface area contributed by atoms with Crippen molar-refractivity contribution in [3.63, 3.8) is 0 Å². The maximum Gasteiger partial charge on any atom is 0.252 e. The highest BCUT2D eigenvalue weighted by Gasteiger charge is 2.46. The molecular formula is C110H69BN4. The van der Waals surface area contributed by atoms with E-state index in [2.05, 4.69) is 426 Å². The number of nitrogens with zero attached hydrogens (tertiary/aromatic N) is 4. The van der Waals surface area contributed by atoms with Gasteiger partial charge in [-0.3, -0.25) is 0 Å². The summed E-state index contributed by atoms with van der Waals surface area (Å²) >= 11 is 0. The van der Waals surface area contributed by atoms with Crippen molar-refractivity contribution in [1.82, 2.24) is 0 Å². The van der Waals surface area contributed by atoms with Crippen molar-refractivity contribution in [2.24, 2.45) is 11.8 Å². The van der Waals surface area contributed by atoms with Gasteiger partial charge in [0.2, 0.25) is 0 Å². The Bertz CT molecular complexity index is 7600. The molecule has 4 nitrogen and oxygen atoms in total. The molecule has 25 rings (SSSR count). The molecule has 0 saturated carbocycles. The molecule has 4 aliphatic carbocycles. The van der Waals surface area contributed by atoms with E-state index in [4.69, 9.17) is 0 Å². The molecule has 0 radical (unpaired) electrons. The van der Waals surface area contributed by atoms with E-state index in [-0.39, 0.29) is 18.5 Å². The first kappa shape index (κ1) is 63.9. The van der Waals surface area contributed by atoms with Crippen molar-refractivity contribution in [2.75, 3.05) is 19.6 Å². The van der Waals surface area contributed by atoms with Gasteiger partial charge in [0.1, 0.15) is 0 Å². The maximum absolute atomic E-state index is 2.65. The van der Waals surface area contributed by atoms with Crippen LogP contribution in [-0.4, -0.2) is 6.71 Å². The van der Waals surface area contributed by atoms with Gasteiger partial charge in [-0.1, -0.05) is 316 Å². The molecule has 2 atom stereocenters. The summed E-state index contributed by atoms with van der Waals surface area (Å²) in [5.41, 5.74) is 29.4. The standard InChI is InChI=1S/C110H69BN4/c1-3-19-68(20-4-1)69-49-53-85(54-50-69)113-100-67-87(114(96-41-17-23-70-21-7-9-37-88(70)96)99-63-82-34-13-28-74-44-47-77-30-16-40-91(99)108(77)106(74)82)56-59-94(100)111-95-58-55-86(112(84-35-5-2-6-36-84)98-60-52-78-48-45-72-25-11-26-75-51-57-92(98)109(78)104(72)75)66-101(95)115(97-42-18-24-71-22-8-10-38-89(71)97)103-65-83(64-102(113)110(103)111)79-31-14-32-80(61-79)93-62-81-33-12-27-73-43-46-76-29-15-39-90(93)107(76)105(73)81/h1-67,105,107H. The minimum Gasteiger partial charge on any atom is -0.311 e. The van der Waals surface area contributed by atoms with Gasteiger partial charge in [0, 0.05) is 78.9 Å². The molecule has 6 aliphatic rings. The van der Waals surface area contributed by atoms with Crippen molar-refractivity contribution < 1.29 is 0 Å². The summed E-state index contributed by atoms with van der Waals surface area (Å²) in [4.78, 5) is 10.4. The SMILES string of the molecule is C1=CC2=CC=C3C=CC=C4C(c5cccc(-c6cc7c8c(c6)N(c6cccc9ccccc69)c6cc(N(c9ccccc9)c9ccc%10ccc%11cccc%12ccc9c%10c%11%12)ccc6B8c6ccc(N(c8cccc9ccccc89)c8cc9cccc%10ccc%11cccc8c%11c%109)cc6N7c6ccc(-c7ccccc7)cc6)c5)=CC(=C1)C2C34. The molecule has 0 bridgehead atoms. The highest BCUT2D eigenvalue weighted by molar-refractivity contribution is 7.00. The van der Waals surface area contributed by atoms with E-state index in [9.17, 15) is 0 Å². The van der Waals surface area contributed by atoms with Crippen LogP contribution in [-0.2, 0) is 0 Å². The van der Waals surface area contributed by atoms with Gasteiger partial charge in [-0.05, 0) is 228 Å². The van der Waals surface area contributed by atoms with Crippen LogP contribution in [0.5, 0.6) is 0 Å². The van der Waals surface area contributed by atoms with E-state index in [1.54, 1.807) is 0 Å². The van der Waals surface area contributed by atoms with Gasteiger partial charge in [-0.25, -0.2) is 0 Å². The maximum atomic E-state index is 2.65. The third-order valence-corrected chi connectivity index (χ3v) is 25.8. The van der Waals surface area contributed by atoms with Crippen LogP contribution < -0.4 is 36.0 Å². The minimum atomic E-state index is -0.261. The summed E-state index contributed by atoms with van der Waals surface area (Å²) in [7, 11) is 0. The molecule has 5 heteroatoms. The van der Waals surface area contributed by atoms with Gasteiger partial charge in [-0.2, -0.15) is 0 Å². The van der Waals surface area contributed by atoms with E-state index >= 15 is 0 Å². The third-order valence-electron chi connectivity index (χ3n) is 25.8. The number of anilines is 12. The molecule has 2 heterocycles. The lowest BCUT2D eigenvalue weighted by atomic mass is 9.33. The summed E-state index contributed by atoms with van der Waals surface area (Å²) in [6, 6.07) is 134. The summed E-state index contributed by atoms with van der Waals surface area (Å²) in [5, 5.41) is 19.6. The van der Waals surface area contributed by atoms with E-state index in [0.717, 1.165) is 84.9 Å². The molecule has 19 aromatic carbocycles. The molecule has 2 aliphatic heterocycles. The van der Waals surface area contributed by atoms with Gasteiger partial charge < -0.3 is 19.6 Å². The Morgan fingerprint density at radius 1 is 0.261 bits per heavy atom. The van der Waals surface area contributed by atoms with Gasteiger partial charge in [0.15, 0.2) is 0 Å². The molecule has 0 spiro atoms. The number of hydrogen-bond acceptors (Lipinski definition) is 4. The molecule has 2 unspecified atom stereocenters. The zero-order valence-electron chi connectivity index (χ0n) is 62.7. The monoisotopic (exact) mass is 1460 g/mol. The Hall–Kier alpha value is -14.8. The van der Waals surface area contributed by atoms with Crippen molar-refractivity contribution >= 4 is 183 Å². The van der Waals surface area contributed by atoms with Gasteiger partial charge in [-0.15, -0.1) is 0 Å². The lowest BCUT2D eigenvalue weighted by molar-refractivity contribution is 0.568. The van der Waals surface area contributed by atoms with Crippen LogP contribution in [0.3, 0.4) is 0 Å². The molecule has 532 valence electrons. The predicted octanol–water partition coefficient (Wildman–Crippen LogP) is 27.6. The Morgan fingerprint density at radius 3 is 1.53 bits per heavy atom. The summed E-state index contributed by atoms with van der Waals surface area (Å²) in [5.74, 6) is 0.520. The number of fused-ring (bicyclic) bond motifs is 6. The Balaban J connectivity index is 0.783. The second kappa shape index (κ2) is 24.9. The normalized spacial score (nSPS) is 15.6. The lowest BCUT2D eigenvalue weighted by Crippen LogP contribution is -2.61. The Morgan fingerprint density at radius 2 is 0.774 bits per heavy atom. The van der Waals surface area contributed by atoms with E-state index in [1.807, 2.05) is 0 Å². The highest BCUT2D eigenvalue weighted by atomic mass is 15.2. The summed E-state index contributed by atoms with van der Waals surface area (Å²) < 4.78 is 0. The molecule has 115 heavy (non-hydrogen) atoms. The first-order valence-corrected chi connectivity index (χ1v) is 40.2. The number of para-hydroxylation sites is 1. The molecule has 0 N–H and O–H groups in total. The fourth-order valence-electron chi connectivity index (χ4n) is 20.8. The quantitative estimate of drug-likeness (QED) is 0.0945. The fourth-order valence-corrected chi connectivity index (χ4v) is 20.8. The van der Waals surface area contributed by atoms with Gasteiger partial charge in [0.05, 0.1) is 22.7 Å². The van der Waals surface area contributed by atoms with Crippen LogP contribution in [0, 0.1) is 11.8 Å². The molecule has 0 saturated heterocycles. The zero-order valence-corrected chi connectivity index (χ0v) is 62.7. The first-order chi connectivity index (χ1) is 57.0. The van der Waals surface area contributed by atoms with Crippen LogP contribution in [0.4, 0.5) is 68.2 Å². The average molecular weight is 1460 g/mol. The number of hydrogen-bond donors (Lipinski definition) is 0. The lowest BCUT2D eigenvalue weighted by Gasteiger charge is -2.45. The molecular weight excluding hydrogens is 1390 g/mol. The number of benzene rings is 19. The van der Waals surface area contributed by atoms with Crippen molar-refractivity contribution in [3.8, 4) is 22.3 Å². The number of allylic oxidation sites excluding steroid dienone is 14. The largest absolute Gasteiger partial charge is 0.311 e. The smallest absolute Gasteiger partial charge is 0.252 e. The molecule has 0 fully saturated rings. The van der Waals surface area contributed by atoms with Crippen molar-refractivity contribution in [2.45, 2.75) is 0 Å². The Kier molecular flexibility index (Phi) is 13.8. The molecule has 0 aromatic heterocycles. The zero-order chi connectivity index (χ0) is 75.1. The van der Waals surface area contributed by atoms with Gasteiger partial charge >= 0.3 is 0 Å². The summed E-state index contributed by atoms with van der Waals surface area (Å²) in [6.45, 7) is -0.261. The fraction of sp³-hybridized carbons (Fsp3) is 0.0182. The van der Waals surface area contributed by atoms with Crippen molar-refractivity contribution in [3.05, 3.63) is 434 Å². The minimum absolute atomic E-state index is 0.234. The second-order valence-electron chi connectivity index (χ2n) is 31.8. The summed E-state index contributed by atoms with van der Waals surface area (Å²) in [6.07, 6.45) is 21.1. The Labute approximate surface area is 666 Å². The molecule has 19 aromatic rings. The van der Waals surface area contributed by atoms with E-state index < -0.39 is 0 Å². The van der Waals surface area contributed by atoms with Crippen molar-refractivity contribution in [1.29, 1.82) is 0 Å². The highest BCUT2D eigenvalue weighted by Crippen LogP contribution is 2.56.